The summed E-state index contributed by atoms with van der Waals surface area (Å²) in [5, 5.41) is 3.56. The van der Waals surface area contributed by atoms with Crippen LogP contribution in [0.15, 0.2) is 29.8 Å². The molecule has 6 heteroatoms. The topological polar surface area (TPSA) is 56.7 Å². The molecule has 0 saturated carbocycles. The molecule has 0 aliphatic rings. The number of para-hydroxylation sites is 1. The van der Waals surface area contributed by atoms with E-state index in [0.717, 1.165) is 16.0 Å². The molecule has 0 saturated heterocycles. The van der Waals surface area contributed by atoms with Gasteiger partial charge in [-0.1, -0.05) is 17.7 Å². The molecule has 2 N–H and O–H groups in total. The molecule has 0 amide bonds. The minimum atomic E-state index is 0.461. The Labute approximate surface area is 107 Å². The lowest BCUT2D eigenvalue weighted by molar-refractivity contribution is 0.830. The molecule has 0 aliphatic heterocycles. The van der Waals surface area contributed by atoms with Crippen LogP contribution in [0.4, 0.5) is 5.95 Å². The average molecular weight is 265 g/mol. The number of nitrogens with two attached hydrogens (primary N) is 1. The van der Waals surface area contributed by atoms with Crippen LogP contribution in [-0.2, 0) is 6.54 Å². The zero-order chi connectivity index (χ0) is 11.8. The number of benzene rings is 1. The van der Waals surface area contributed by atoms with Gasteiger partial charge >= 0.3 is 0 Å². The summed E-state index contributed by atoms with van der Waals surface area (Å²) in [6, 6.07) is 5.66. The summed E-state index contributed by atoms with van der Waals surface area (Å²) in [6.45, 7) is 0.625. The summed E-state index contributed by atoms with van der Waals surface area (Å²) >= 11 is 7.67. The van der Waals surface area contributed by atoms with Gasteiger partial charge in [0.2, 0.25) is 5.95 Å². The second-order valence-corrected chi connectivity index (χ2v) is 4.98. The number of anilines is 1. The van der Waals surface area contributed by atoms with Crippen molar-refractivity contribution in [1.82, 2.24) is 14.5 Å². The first-order valence-corrected chi connectivity index (χ1v) is 6.30. The summed E-state index contributed by atoms with van der Waals surface area (Å²) in [6.07, 6.45) is 1.78. The van der Waals surface area contributed by atoms with E-state index in [0.29, 0.717) is 17.5 Å². The number of hydrogen-bond donors (Lipinski definition) is 1. The van der Waals surface area contributed by atoms with Crippen LogP contribution in [-0.4, -0.2) is 14.5 Å². The summed E-state index contributed by atoms with van der Waals surface area (Å²) in [5.74, 6) is 0.461. The van der Waals surface area contributed by atoms with Gasteiger partial charge in [-0.15, -0.1) is 11.3 Å². The van der Waals surface area contributed by atoms with Crippen LogP contribution in [0, 0.1) is 0 Å². The Hall–Kier alpha value is -1.59. The fraction of sp³-hybridized carbons (Fsp3) is 0.0909. The van der Waals surface area contributed by atoms with Crippen molar-refractivity contribution >= 4 is 39.9 Å². The maximum atomic E-state index is 6.08. The largest absolute Gasteiger partial charge is 0.369 e. The minimum absolute atomic E-state index is 0.461. The van der Waals surface area contributed by atoms with E-state index in [1.165, 1.54) is 0 Å². The molecule has 86 valence electrons. The fourth-order valence-corrected chi connectivity index (χ4v) is 2.58. The molecular formula is C11H9ClN4S. The molecule has 2 heterocycles. The van der Waals surface area contributed by atoms with Gasteiger partial charge in [0.1, 0.15) is 10.5 Å². The van der Waals surface area contributed by atoms with E-state index in [2.05, 4.69) is 9.97 Å². The summed E-state index contributed by atoms with van der Waals surface area (Å²) in [4.78, 5) is 8.52. The van der Waals surface area contributed by atoms with E-state index >= 15 is 0 Å². The molecule has 3 rings (SSSR count). The van der Waals surface area contributed by atoms with E-state index in [-0.39, 0.29) is 0 Å². The van der Waals surface area contributed by atoms with Crippen LogP contribution in [0.1, 0.15) is 5.01 Å². The van der Waals surface area contributed by atoms with Gasteiger partial charge in [0, 0.05) is 11.6 Å². The molecular weight excluding hydrogens is 256 g/mol. The fourth-order valence-electron chi connectivity index (χ4n) is 1.76. The van der Waals surface area contributed by atoms with E-state index < -0.39 is 0 Å². The Bertz CT molecular complexity index is 659. The second kappa shape index (κ2) is 4.01. The Morgan fingerprint density at radius 2 is 2.29 bits per heavy atom. The molecule has 1 aromatic carbocycles. The quantitative estimate of drug-likeness (QED) is 0.774. The smallest absolute Gasteiger partial charge is 0.201 e. The second-order valence-electron chi connectivity index (χ2n) is 3.59. The van der Waals surface area contributed by atoms with Crippen molar-refractivity contribution < 1.29 is 0 Å². The molecule has 2 aromatic heterocycles. The standard InChI is InChI=1S/C11H9ClN4S/c12-7-2-1-3-8-10(7)15-11(13)16(8)6-9-14-4-5-17-9/h1-5H,6H2,(H2,13,15). The lowest BCUT2D eigenvalue weighted by Crippen LogP contribution is -2.04. The lowest BCUT2D eigenvalue weighted by Gasteiger charge is -2.03. The highest BCUT2D eigenvalue weighted by Gasteiger charge is 2.11. The maximum Gasteiger partial charge on any atom is 0.201 e. The van der Waals surface area contributed by atoms with E-state index in [1.54, 1.807) is 17.5 Å². The monoisotopic (exact) mass is 264 g/mol. The number of rotatable bonds is 2. The van der Waals surface area contributed by atoms with Crippen LogP contribution >= 0.6 is 22.9 Å². The minimum Gasteiger partial charge on any atom is -0.369 e. The normalized spacial score (nSPS) is 11.1. The summed E-state index contributed by atoms with van der Waals surface area (Å²) < 4.78 is 1.92. The molecule has 0 radical (unpaired) electrons. The first kappa shape index (κ1) is 10.6. The third-order valence-corrected chi connectivity index (χ3v) is 3.61. The molecule has 0 bridgehead atoms. The third-order valence-electron chi connectivity index (χ3n) is 2.54. The van der Waals surface area contributed by atoms with Crippen LogP contribution in [0.3, 0.4) is 0 Å². The van der Waals surface area contributed by atoms with E-state index in [4.69, 9.17) is 17.3 Å². The van der Waals surface area contributed by atoms with Crippen molar-refractivity contribution in [1.29, 1.82) is 0 Å². The summed E-state index contributed by atoms with van der Waals surface area (Å²) in [5.41, 5.74) is 7.58. The molecule has 3 aromatic rings. The Morgan fingerprint density at radius 3 is 3.06 bits per heavy atom. The Kier molecular flexibility index (Phi) is 2.49. The molecule has 0 spiro atoms. The number of aromatic nitrogens is 3. The molecule has 4 nitrogen and oxygen atoms in total. The third kappa shape index (κ3) is 1.77. The number of halogens is 1. The number of fused-ring (bicyclic) bond motifs is 1. The zero-order valence-corrected chi connectivity index (χ0v) is 10.4. The van der Waals surface area contributed by atoms with Gasteiger partial charge < -0.3 is 10.3 Å². The van der Waals surface area contributed by atoms with Crippen LogP contribution in [0.25, 0.3) is 11.0 Å². The van der Waals surface area contributed by atoms with Crippen molar-refractivity contribution in [2.75, 3.05) is 5.73 Å². The molecule has 0 atom stereocenters. The van der Waals surface area contributed by atoms with Gasteiger partial charge in [0.15, 0.2) is 0 Å². The van der Waals surface area contributed by atoms with Crippen LogP contribution < -0.4 is 5.73 Å². The van der Waals surface area contributed by atoms with Gasteiger partial charge in [-0.05, 0) is 12.1 Å². The lowest BCUT2D eigenvalue weighted by atomic mass is 10.3. The van der Waals surface area contributed by atoms with Gasteiger partial charge in [-0.25, -0.2) is 9.97 Å². The van der Waals surface area contributed by atoms with Crippen LogP contribution in [0.5, 0.6) is 0 Å². The van der Waals surface area contributed by atoms with Crippen molar-refractivity contribution in [3.05, 3.63) is 39.8 Å². The average Bonchev–Trinajstić information content (AvgIpc) is 2.91. The van der Waals surface area contributed by atoms with E-state index in [9.17, 15) is 0 Å². The molecule has 17 heavy (non-hydrogen) atoms. The Balaban J connectivity index is 2.16. The number of hydrogen-bond acceptors (Lipinski definition) is 4. The first-order chi connectivity index (χ1) is 8.25. The van der Waals surface area contributed by atoms with Gasteiger partial charge in [-0.2, -0.15) is 0 Å². The number of nitrogen functional groups attached to an aromatic ring is 1. The predicted molar refractivity (Wildman–Crippen MR) is 70.4 cm³/mol. The zero-order valence-electron chi connectivity index (χ0n) is 8.80. The first-order valence-electron chi connectivity index (χ1n) is 5.04. The van der Waals surface area contributed by atoms with Crippen molar-refractivity contribution in [2.24, 2.45) is 0 Å². The molecule has 0 aliphatic carbocycles. The summed E-state index contributed by atoms with van der Waals surface area (Å²) in [7, 11) is 0. The van der Waals surface area contributed by atoms with Crippen molar-refractivity contribution in [3.63, 3.8) is 0 Å². The number of nitrogens with zero attached hydrogens (tertiary/aromatic N) is 3. The molecule has 0 fully saturated rings. The number of thiazole rings is 1. The SMILES string of the molecule is Nc1nc2c(Cl)cccc2n1Cc1nccs1. The highest BCUT2D eigenvalue weighted by Crippen LogP contribution is 2.25. The van der Waals surface area contributed by atoms with E-state index in [1.807, 2.05) is 28.1 Å². The molecule has 0 unspecified atom stereocenters. The van der Waals surface area contributed by atoms with Gasteiger partial charge in [-0.3, -0.25) is 0 Å². The van der Waals surface area contributed by atoms with Crippen molar-refractivity contribution in [2.45, 2.75) is 6.54 Å². The number of imidazole rings is 1. The predicted octanol–water partition coefficient (Wildman–Crippen LogP) is 2.78. The highest BCUT2D eigenvalue weighted by molar-refractivity contribution is 7.09. The van der Waals surface area contributed by atoms with Crippen LogP contribution in [0.2, 0.25) is 5.02 Å². The maximum absolute atomic E-state index is 6.08. The van der Waals surface area contributed by atoms with Gasteiger partial charge in [0.05, 0.1) is 17.1 Å². The Morgan fingerprint density at radius 1 is 1.41 bits per heavy atom. The van der Waals surface area contributed by atoms with Gasteiger partial charge in [0.25, 0.3) is 0 Å². The van der Waals surface area contributed by atoms with Crippen molar-refractivity contribution in [3.8, 4) is 0 Å². The highest BCUT2D eigenvalue weighted by atomic mass is 35.5.